The Morgan fingerprint density at radius 3 is 2.42 bits per heavy atom. The monoisotopic (exact) mass is 517 g/mol. The number of carbonyl (C=O) groups excluding carboxylic acids is 1. The number of rotatable bonds is 5. The zero-order valence-electron chi connectivity index (χ0n) is 22.9. The molecule has 9 nitrogen and oxygen atoms in total. The lowest BCUT2D eigenvalue weighted by atomic mass is 9.99. The van der Waals surface area contributed by atoms with E-state index < -0.39 is 0 Å². The van der Waals surface area contributed by atoms with Gasteiger partial charge in [-0.1, -0.05) is 24.3 Å². The Hall–Kier alpha value is -3.46. The number of anilines is 1. The Bertz CT molecular complexity index is 1350. The zero-order valence-corrected chi connectivity index (χ0v) is 22.9. The molecule has 2 saturated heterocycles. The van der Waals surface area contributed by atoms with Crippen LogP contribution in [0.3, 0.4) is 0 Å². The molecule has 0 aliphatic carbocycles. The first kappa shape index (κ1) is 26.2. The maximum absolute atomic E-state index is 14.1. The zero-order chi connectivity index (χ0) is 26.8. The van der Waals surface area contributed by atoms with Gasteiger partial charge in [0.25, 0.3) is 5.56 Å². The summed E-state index contributed by atoms with van der Waals surface area (Å²) in [5.41, 5.74) is 3.26. The van der Waals surface area contributed by atoms with Crippen LogP contribution in [0.15, 0.2) is 41.3 Å². The number of nitrogens with one attached hydrogen (secondary N) is 2. The van der Waals surface area contributed by atoms with Crippen molar-refractivity contribution in [2.75, 3.05) is 38.5 Å². The third-order valence-corrected chi connectivity index (χ3v) is 7.79. The number of hydrogen-bond acceptors (Lipinski definition) is 6. The van der Waals surface area contributed by atoms with Crippen molar-refractivity contribution >= 4 is 23.0 Å². The lowest BCUT2D eigenvalue weighted by Gasteiger charge is -2.34. The number of fused-ring (bicyclic) bond motifs is 1. The summed E-state index contributed by atoms with van der Waals surface area (Å²) in [7, 11) is 2.14. The number of likely N-dealkylation sites (tertiary alicyclic amines) is 2. The number of piperidine rings is 2. The van der Waals surface area contributed by atoms with E-state index in [1.165, 1.54) is 0 Å². The van der Waals surface area contributed by atoms with Gasteiger partial charge < -0.3 is 20.4 Å². The number of urea groups is 1. The van der Waals surface area contributed by atoms with Crippen molar-refractivity contribution in [3.8, 4) is 11.1 Å². The van der Waals surface area contributed by atoms with Gasteiger partial charge in [-0.05, 0) is 83.8 Å². The van der Waals surface area contributed by atoms with Crippen molar-refractivity contribution in [2.24, 2.45) is 0 Å². The van der Waals surface area contributed by atoms with Gasteiger partial charge in [-0.15, -0.1) is 0 Å². The van der Waals surface area contributed by atoms with Crippen molar-refractivity contribution in [3.05, 3.63) is 52.4 Å². The average molecular weight is 518 g/mol. The quantitative estimate of drug-likeness (QED) is 0.531. The van der Waals surface area contributed by atoms with Crippen LogP contribution in [-0.2, 0) is 0 Å². The van der Waals surface area contributed by atoms with Crippen LogP contribution in [0.25, 0.3) is 22.2 Å². The minimum atomic E-state index is -0.0526. The predicted molar refractivity (Wildman–Crippen MR) is 152 cm³/mol. The smallest absolute Gasteiger partial charge is 0.317 e. The SMILES string of the molecule is Cc1ccccc1-c1cc2cnc(NC3CCN(C)CC3)nc2n(C2CCN(C(=O)NC(C)C)CC2)c1=O. The number of aromatic nitrogens is 3. The molecule has 2 amide bonds. The predicted octanol–water partition coefficient (Wildman–Crippen LogP) is 4.03. The standard InChI is InChI=1S/C29H39N7O2/c1-19(2)31-29(38)35-15-11-23(12-16-35)36-26-21(17-25(27(36)37)24-8-6-5-7-20(24)3)18-30-28(33-26)32-22-9-13-34(4)14-10-22/h5-8,17-19,22-23H,9-16H2,1-4H3,(H,31,38)(H,30,32,33). The van der Waals surface area contributed by atoms with Gasteiger partial charge in [0.05, 0.1) is 0 Å². The molecule has 38 heavy (non-hydrogen) atoms. The molecule has 2 aliphatic rings. The Balaban J connectivity index is 1.52. The van der Waals surface area contributed by atoms with E-state index >= 15 is 0 Å². The van der Waals surface area contributed by atoms with Gasteiger partial charge in [0, 0.05) is 48.4 Å². The lowest BCUT2D eigenvalue weighted by Crippen LogP contribution is -2.47. The largest absolute Gasteiger partial charge is 0.351 e. The van der Waals surface area contributed by atoms with Crippen molar-refractivity contribution in [2.45, 2.75) is 64.6 Å². The molecule has 2 aromatic heterocycles. The molecule has 5 rings (SSSR count). The molecule has 2 N–H and O–H groups in total. The summed E-state index contributed by atoms with van der Waals surface area (Å²) in [5, 5.41) is 7.34. The second kappa shape index (κ2) is 11.1. The Labute approximate surface area is 224 Å². The summed E-state index contributed by atoms with van der Waals surface area (Å²) in [6.45, 7) is 9.22. The molecule has 4 heterocycles. The lowest BCUT2D eigenvalue weighted by molar-refractivity contribution is 0.169. The van der Waals surface area contributed by atoms with Crippen LogP contribution in [0.4, 0.5) is 10.7 Å². The molecule has 9 heteroatoms. The Morgan fingerprint density at radius 1 is 1.03 bits per heavy atom. The molecule has 3 aromatic rings. The van der Waals surface area contributed by atoms with Crippen LogP contribution in [0.5, 0.6) is 0 Å². The number of benzene rings is 1. The molecule has 0 saturated carbocycles. The summed E-state index contributed by atoms with van der Waals surface area (Å²) in [6, 6.07) is 10.2. The third-order valence-electron chi connectivity index (χ3n) is 7.79. The summed E-state index contributed by atoms with van der Waals surface area (Å²) in [4.78, 5) is 40.4. The molecular formula is C29H39N7O2. The highest BCUT2D eigenvalue weighted by Crippen LogP contribution is 2.29. The molecule has 0 bridgehead atoms. The van der Waals surface area contributed by atoms with E-state index in [9.17, 15) is 9.59 Å². The molecule has 0 spiro atoms. The molecular weight excluding hydrogens is 478 g/mol. The van der Waals surface area contributed by atoms with Gasteiger partial charge in [0.1, 0.15) is 5.65 Å². The van der Waals surface area contributed by atoms with E-state index in [1.54, 1.807) is 0 Å². The average Bonchev–Trinajstić information content (AvgIpc) is 2.90. The van der Waals surface area contributed by atoms with Gasteiger partial charge in [-0.3, -0.25) is 9.36 Å². The molecule has 0 radical (unpaired) electrons. The Morgan fingerprint density at radius 2 is 1.74 bits per heavy atom. The van der Waals surface area contributed by atoms with Crippen LogP contribution in [0, 0.1) is 6.92 Å². The van der Waals surface area contributed by atoms with Crippen molar-refractivity contribution in [1.29, 1.82) is 0 Å². The van der Waals surface area contributed by atoms with Crippen LogP contribution in [-0.4, -0.2) is 75.7 Å². The molecule has 1 aromatic carbocycles. The second-order valence-electron chi connectivity index (χ2n) is 11.1. The first-order valence-electron chi connectivity index (χ1n) is 13.8. The van der Waals surface area contributed by atoms with E-state index in [2.05, 4.69) is 27.6 Å². The second-order valence-corrected chi connectivity index (χ2v) is 11.1. The number of nitrogens with zero attached hydrogens (tertiary/aromatic N) is 5. The minimum absolute atomic E-state index is 0.0409. The first-order chi connectivity index (χ1) is 18.3. The highest BCUT2D eigenvalue weighted by molar-refractivity contribution is 5.82. The minimum Gasteiger partial charge on any atom is -0.351 e. The maximum Gasteiger partial charge on any atom is 0.317 e. The molecule has 2 aliphatic heterocycles. The normalized spacial score (nSPS) is 17.8. The van der Waals surface area contributed by atoms with Gasteiger partial charge in [-0.25, -0.2) is 9.78 Å². The van der Waals surface area contributed by atoms with E-state index in [1.807, 2.05) is 66.8 Å². The van der Waals surface area contributed by atoms with Crippen LogP contribution in [0.2, 0.25) is 0 Å². The fraction of sp³-hybridized carbons (Fsp3) is 0.517. The molecule has 2 fully saturated rings. The maximum atomic E-state index is 14.1. The van der Waals surface area contributed by atoms with Gasteiger partial charge in [-0.2, -0.15) is 4.98 Å². The number of aryl methyl sites for hydroxylation is 1. The number of pyridine rings is 1. The highest BCUT2D eigenvalue weighted by Gasteiger charge is 2.28. The molecule has 0 unspecified atom stereocenters. The summed E-state index contributed by atoms with van der Waals surface area (Å²) < 4.78 is 1.87. The molecule has 202 valence electrons. The number of amides is 2. The summed E-state index contributed by atoms with van der Waals surface area (Å²) >= 11 is 0. The van der Waals surface area contributed by atoms with Crippen LogP contribution >= 0.6 is 0 Å². The highest BCUT2D eigenvalue weighted by atomic mass is 16.2. The van der Waals surface area contributed by atoms with E-state index in [4.69, 9.17) is 4.98 Å². The fourth-order valence-electron chi connectivity index (χ4n) is 5.60. The fourth-order valence-corrected chi connectivity index (χ4v) is 5.60. The first-order valence-corrected chi connectivity index (χ1v) is 13.8. The molecule has 0 atom stereocenters. The van der Waals surface area contributed by atoms with Gasteiger partial charge in [0.15, 0.2) is 0 Å². The van der Waals surface area contributed by atoms with Gasteiger partial charge in [0.2, 0.25) is 5.95 Å². The summed E-state index contributed by atoms with van der Waals surface area (Å²) in [6.07, 6.45) is 5.29. The van der Waals surface area contributed by atoms with E-state index in [0.717, 1.165) is 42.4 Å². The summed E-state index contributed by atoms with van der Waals surface area (Å²) in [5.74, 6) is 0.567. The number of carbonyl (C=O) groups is 1. The van der Waals surface area contributed by atoms with Crippen LogP contribution < -0.4 is 16.2 Å². The number of hydrogen-bond donors (Lipinski definition) is 2. The van der Waals surface area contributed by atoms with E-state index in [0.29, 0.717) is 49.1 Å². The van der Waals surface area contributed by atoms with Crippen molar-refractivity contribution in [1.82, 2.24) is 29.7 Å². The topological polar surface area (TPSA) is 95.4 Å². The van der Waals surface area contributed by atoms with Gasteiger partial charge >= 0.3 is 6.03 Å². The van der Waals surface area contributed by atoms with Crippen LogP contribution in [0.1, 0.15) is 51.1 Å². The van der Waals surface area contributed by atoms with Crippen molar-refractivity contribution in [3.63, 3.8) is 0 Å². The van der Waals surface area contributed by atoms with E-state index in [-0.39, 0.29) is 23.7 Å². The third kappa shape index (κ3) is 5.53. The Kier molecular flexibility index (Phi) is 7.65. The van der Waals surface area contributed by atoms with Crippen molar-refractivity contribution < 1.29 is 4.79 Å².